The van der Waals surface area contributed by atoms with Gasteiger partial charge in [0.25, 0.3) is 0 Å². The molecule has 0 amide bonds. The van der Waals surface area contributed by atoms with E-state index < -0.39 is 0 Å². The van der Waals surface area contributed by atoms with Gasteiger partial charge in [-0.15, -0.1) is 0 Å². The predicted molar refractivity (Wildman–Crippen MR) is 50.1 cm³/mol. The summed E-state index contributed by atoms with van der Waals surface area (Å²) in [4.78, 5) is 2.41. The smallest absolute Gasteiger partial charge is 0.0747 e. The van der Waals surface area contributed by atoms with E-state index in [1.807, 2.05) is 0 Å². The zero-order valence-corrected chi connectivity index (χ0v) is 7.95. The van der Waals surface area contributed by atoms with Crippen LogP contribution in [-0.4, -0.2) is 43.2 Å². The molecule has 1 atom stereocenters. The van der Waals surface area contributed by atoms with Crippen molar-refractivity contribution < 1.29 is 5.11 Å². The zero-order chi connectivity index (χ0) is 8.06. The quantitative estimate of drug-likeness (QED) is 0.529. The Hall–Kier alpha value is -0.0151. The van der Waals surface area contributed by atoms with E-state index in [9.17, 15) is 5.11 Å². The molecule has 2 bridgehead atoms. The highest BCUT2D eigenvalue weighted by Gasteiger charge is 2.46. The van der Waals surface area contributed by atoms with Crippen LogP contribution in [0.2, 0.25) is 0 Å². The Morgan fingerprint density at radius 3 is 2.00 bits per heavy atom. The predicted octanol–water partition coefficient (Wildman–Crippen LogP) is 0.471. The van der Waals surface area contributed by atoms with Crippen LogP contribution < -0.4 is 0 Å². The molecule has 0 unspecified atom stereocenters. The molecular weight excluding hydrogens is 149 g/mol. The fraction of sp³-hybridized carbons (Fsp3) is 1.00. The molecule has 3 rings (SSSR count). The Kier molecular flexibility index (Phi) is 2.55. The molecule has 0 saturated carbocycles. The molecule has 3 heteroatoms. The fourth-order valence-electron chi connectivity index (χ4n) is 2.56. The normalized spacial score (nSPS) is 43.8. The van der Waals surface area contributed by atoms with Crippen LogP contribution in [0.25, 0.3) is 0 Å². The summed E-state index contributed by atoms with van der Waals surface area (Å²) in [6.07, 6.45) is 2.31. The Labute approximate surface area is 76.5 Å². The molecule has 67 valence electrons. The van der Waals surface area contributed by atoms with E-state index in [0.717, 1.165) is 0 Å². The van der Waals surface area contributed by atoms with E-state index in [-0.39, 0.29) is 20.1 Å². The van der Waals surface area contributed by atoms with Crippen molar-refractivity contribution in [2.24, 2.45) is 5.92 Å². The van der Waals surface area contributed by atoms with E-state index in [2.05, 4.69) is 18.7 Å². The van der Waals surface area contributed by atoms with Gasteiger partial charge in [-0.25, -0.2) is 0 Å². The number of piperidine rings is 3. The summed E-state index contributed by atoms with van der Waals surface area (Å²) in [5.74, 6) is 0.579. The molecule has 3 aliphatic rings. The summed E-state index contributed by atoms with van der Waals surface area (Å²) in [5, 5.41) is 9.89. The zero-order valence-electron chi connectivity index (χ0n) is 7.95. The van der Waals surface area contributed by atoms with Crippen LogP contribution >= 0.6 is 0 Å². The Morgan fingerprint density at radius 2 is 1.75 bits per heavy atom. The number of hydrogen-bond acceptors (Lipinski definition) is 2. The largest absolute Gasteiger partial charge is 0.391 e. The first-order chi connectivity index (χ1) is 5.12. The van der Waals surface area contributed by atoms with Gasteiger partial charge < -0.3 is 5.11 Å². The molecule has 0 aromatic carbocycles. The van der Waals surface area contributed by atoms with Gasteiger partial charge in [-0.3, -0.25) is 4.90 Å². The van der Waals surface area contributed by atoms with Crippen LogP contribution in [0.5, 0.6) is 0 Å². The molecule has 0 aliphatic carbocycles. The van der Waals surface area contributed by atoms with Crippen molar-refractivity contribution >= 4 is 8.41 Å². The lowest BCUT2D eigenvalue weighted by Crippen LogP contribution is -2.63. The second-order valence-corrected chi connectivity index (χ2v) is 4.42. The maximum Gasteiger partial charge on any atom is 0.0747 e. The summed E-state index contributed by atoms with van der Waals surface area (Å²) >= 11 is 0. The third kappa shape index (κ3) is 1.19. The van der Waals surface area contributed by atoms with Crippen molar-refractivity contribution in [2.75, 3.05) is 13.1 Å². The average Bonchev–Trinajstić information content (AvgIpc) is 2.01. The molecule has 3 radical (unpaired) electrons. The van der Waals surface area contributed by atoms with Gasteiger partial charge in [0.1, 0.15) is 0 Å². The minimum absolute atomic E-state index is 0. The summed E-state index contributed by atoms with van der Waals surface area (Å²) in [6.45, 7) is 6.69. The summed E-state index contributed by atoms with van der Waals surface area (Å²) in [6, 6.07) is 0. The lowest BCUT2D eigenvalue weighted by Gasteiger charge is -2.54. The van der Waals surface area contributed by atoms with Crippen LogP contribution in [-0.2, 0) is 0 Å². The van der Waals surface area contributed by atoms with Gasteiger partial charge in [0.05, 0.1) is 6.10 Å². The lowest BCUT2D eigenvalue weighted by atomic mass is 9.74. The minimum atomic E-state index is -0.0926. The molecule has 0 aromatic heterocycles. The molecule has 0 aromatic rings. The first kappa shape index (κ1) is 10.1. The van der Waals surface area contributed by atoms with Gasteiger partial charge in [0.15, 0.2) is 0 Å². The van der Waals surface area contributed by atoms with Crippen molar-refractivity contribution in [2.45, 2.75) is 38.3 Å². The van der Waals surface area contributed by atoms with Gasteiger partial charge in [0.2, 0.25) is 0 Å². The van der Waals surface area contributed by atoms with E-state index in [1.165, 1.54) is 25.9 Å². The Balaban J connectivity index is 0.000000720. The lowest BCUT2D eigenvalue weighted by molar-refractivity contribution is -0.117. The summed E-state index contributed by atoms with van der Waals surface area (Å²) in [5.41, 5.74) is 0.0428. The highest BCUT2D eigenvalue weighted by Crippen LogP contribution is 2.38. The Bertz CT molecular complexity index is 160. The standard InChI is InChI=1S/C9H17NO.B/c1-9(2)8(11)7-3-5-10(9)6-4-7;/h7-8,11H,3-6H2,1-2H3;/t8-;/m0./s1. The topological polar surface area (TPSA) is 23.5 Å². The second kappa shape index (κ2) is 3.04. The number of aliphatic hydroxyl groups is 1. The number of aliphatic hydroxyl groups excluding tert-OH is 1. The molecule has 3 fully saturated rings. The van der Waals surface area contributed by atoms with Crippen LogP contribution in [0.3, 0.4) is 0 Å². The maximum atomic E-state index is 9.89. The first-order valence-electron chi connectivity index (χ1n) is 4.55. The van der Waals surface area contributed by atoms with Gasteiger partial charge in [-0.1, -0.05) is 0 Å². The van der Waals surface area contributed by atoms with E-state index in [4.69, 9.17) is 0 Å². The maximum absolute atomic E-state index is 9.89. The fourth-order valence-corrected chi connectivity index (χ4v) is 2.56. The van der Waals surface area contributed by atoms with E-state index in [0.29, 0.717) is 5.92 Å². The summed E-state index contributed by atoms with van der Waals surface area (Å²) in [7, 11) is 0. The van der Waals surface area contributed by atoms with Crippen LogP contribution in [0, 0.1) is 5.92 Å². The molecule has 3 heterocycles. The highest BCUT2D eigenvalue weighted by molar-refractivity contribution is 5.75. The minimum Gasteiger partial charge on any atom is -0.391 e. The molecule has 3 saturated heterocycles. The molecule has 12 heavy (non-hydrogen) atoms. The van der Waals surface area contributed by atoms with Crippen molar-refractivity contribution in [1.29, 1.82) is 0 Å². The van der Waals surface area contributed by atoms with Gasteiger partial charge in [-0.2, -0.15) is 0 Å². The molecule has 2 nitrogen and oxygen atoms in total. The van der Waals surface area contributed by atoms with Crippen molar-refractivity contribution in [3.63, 3.8) is 0 Å². The van der Waals surface area contributed by atoms with E-state index >= 15 is 0 Å². The molecule has 1 N–H and O–H groups in total. The average molecular weight is 166 g/mol. The van der Waals surface area contributed by atoms with Crippen molar-refractivity contribution in [3.05, 3.63) is 0 Å². The second-order valence-electron chi connectivity index (χ2n) is 4.42. The number of nitrogens with zero attached hydrogens (tertiary/aromatic N) is 1. The van der Waals surface area contributed by atoms with E-state index in [1.54, 1.807) is 0 Å². The van der Waals surface area contributed by atoms with Gasteiger partial charge in [-0.05, 0) is 45.7 Å². The number of rotatable bonds is 0. The Morgan fingerprint density at radius 1 is 1.25 bits per heavy atom. The highest BCUT2D eigenvalue weighted by atomic mass is 16.3. The first-order valence-corrected chi connectivity index (χ1v) is 4.55. The monoisotopic (exact) mass is 166 g/mol. The van der Waals surface area contributed by atoms with Crippen LogP contribution in [0.1, 0.15) is 26.7 Å². The third-order valence-electron chi connectivity index (χ3n) is 3.52. The van der Waals surface area contributed by atoms with Crippen LogP contribution in [0.15, 0.2) is 0 Å². The van der Waals surface area contributed by atoms with Crippen LogP contribution in [0.4, 0.5) is 0 Å². The third-order valence-corrected chi connectivity index (χ3v) is 3.52. The molecule has 3 aliphatic heterocycles. The van der Waals surface area contributed by atoms with Gasteiger partial charge >= 0.3 is 0 Å². The number of fused-ring (bicyclic) bond motifs is 3. The summed E-state index contributed by atoms with van der Waals surface area (Å²) < 4.78 is 0. The van der Waals surface area contributed by atoms with Crippen molar-refractivity contribution in [3.8, 4) is 0 Å². The molecule has 0 spiro atoms. The van der Waals surface area contributed by atoms with Crippen molar-refractivity contribution in [1.82, 2.24) is 4.90 Å². The van der Waals surface area contributed by atoms with Gasteiger partial charge in [0, 0.05) is 14.0 Å². The number of hydrogen-bond donors (Lipinski definition) is 1. The SMILES string of the molecule is CC1(C)[C@@H](O)C2CCN1CC2.[B]. The molecular formula is C9H17BNO.